The fourth-order valence-electron chi connectivity index (χ4n) is 3.75. The lowest BCUT2D eigenvalue weighted by Crippen LogP contribution is -2.47. The molecule has 0 aromatic heterocycles. The second-order valence-corrected chi connectivity index (χ2v) is 6.77. The Kier molecular flexibility index (Phi) is 4.48. The highest BCUT2D eigenvalue weighted by Crippen LogP contribution is 2.43. The zero-order valence-corrected chi connectivity index (χ0v) is 12.8. The summed E-state index contributed by atoms with van der Waals surface area (Å²) < 4.78 is 27.6. The van der Waals surface area contributed by atoms with E-state index >= 15 is 0 Å². The normalized spacial score (nSPS) is 27.6. The molecule has 1 nitrogen and oxygen atoms in total. The van der Waals surface area contributed by atoms with Crippen molar-refractivity contribution in [2.75, 3.05) is 7.05 Å². The molecule has 112 valence electrons. The van der Waals surface area contributed by atoms with Gasteiger partial charge in [0.05, 0.1) is 0 Å². The lowest BCUT2D eigenvalue weighted by Gasteiger charge is -2.44. The molecule has 2 rings (SSSR count). The summed E-state index contributed by atoms with van der Waals surface area (Å²) in [6, 6.07) is 4.15. The van der Waals surface area contributed by atoms with E-state index in [0.717, 1.165) is 19.3 Å². The van der Waals surface area contributed by atoms with E-state index in [0.29, 0.717) is 23.4 Å². The van der Waals surface area contributed by atoms with Crippen LogP contribution in [0.1, 0.15) is 45.6 Å². The summed E-state index contributed by atoms with van der Waals surface area (Å²) in [5, 5.41) is 3.38. The highest BCUT2D eigenvalue weighted by molar-refractivity contribution is 5.28. The summed E-state index contributed by atoms with van der Waals surface area (Å²) >= 11 is 0. The van der Waals surface area contributed by atoms with Gasteiger partial charge in [0.25, 0.3) is 0 Å². The van der Waals surface area contributed by atoms with Gasteiger partial charge in [-0.05, 0) is 60.9 Å². The number of rotatable bonds is 3. The van der Waals surface area contributed by atoms with Crippen LogP contribution in [-0.4, -0.2) is 13.1 Å². The van der Waals surface area contributed by atoms with E-state index in [1.54, 1.807) is 0 Å². The van der Waals surface area contributed by atoms with Gasteiger partial charge in [-0.25, -0.2) is 8.78 Å². The highest BCUT2D eigenvalue weighted by atomic mass is 19.1. The van der Waals surface area contributed by atoms with E-state index < -0.39 is 0 Å². The summed E-state index contributed by atoms with van der Waals surface area (Å²) in [6.45, 7) is 6.34. The second kappa shape index (κ2) is 5.80. The third-order valence-electron chi connectivity index (χ3n) is 5.03. The van der Waals surface area contributed by atoms with Crippen LogP contribution in [-0.2, 0) is 5.41 Å². The number of nitrogens with one attached hydrogen (secondary N) is 1. The molecule has 0 spiro atoms. The van der Waals surface area contributed by atoms with Gasteiger partial charge in [0.1, 0.15) is 11.6 Å². The predicted octanol–water partition coefficient (Wildman–Crippen LogP) is 4.27. The minimum Gasteiger partial charge on any atom is -0.317 e. The lowest BCUT2D eigenvalue weighted by atomic mass is 9.63. The molecule has 1 aromatic rings. The van der Waals surface area contributed by atoms with Crippen molar-refractivity contribution in [3.63, 3.8) is 0 Å². The summed E-state index contributed by atoms with van der Waals surface area (Å²) in [6.07, 6.45) is 3.31. The molecule has 3 atom stereocenters. The van der Waals surface area contributed by atoms with Crippen molar-refractivity contribution >= 4 is 0 Å². The molecule has 0 amide bonds. The largest absolute Gasteiger partial charge is 0.317 e. The maximum absolute atomic E-state index is 14.1. The first-order valence-corrected chi connectivity index (χ1v) is 7.49. The average Bonchev–Trinajstić information content (AvgIpc) is 2.40. The Balaban J connectivity index is 2.35. The Morgan fingerprint density at radius 3 is 2.55 bits per heavy atom. The second-order valence-electron chi connectivity index (χ2n) is 6.77. The van der Waals surface area contributed by atoms with Crippen molar-refractivity contribution in [1.29, 1.82) is 0 Å². The minimum absolute atomic E-state index is 0.301. The molecule has 0 saturated heterocycles. The lowest BCUT2D eigenvalue weighted by molar-refractivity contribution is 0.148. The van der Waals surface area contributed by atoms with Gasteiger partial charge >= 0.3 is 0 Å². The number of hydrogen-bond donors (Lipinski definition) is 1. The van der Waals surface area contributed by atoms with E-state index in [1.807, 2.05) is 20.9 Å². The van der Waals surface area contributed by atoms with Crippen LogP contribution in [0.4, 0.5) is 8.78 Å². The molecule has 0 radical (unpaired) electrons. The zero-order chi connectivity index (χ0) is 14.9. The van der Waals surface area contributed by atoms with Crippen LogP contribution in [0, 0.1) is 23.5 Å². The molecule has 1 N–H and O–H groups in total. The Bertz CT molecular complexity index is 470. The Hall–Kier alpha value is -0.960. The Labute approximate surface area is 120 Å². The number of benzene rings is 1. The summed E-state index contributed by atoms with van der Waals surface area (Å²) in [5.74, 6) is 0.349. The van der Waals surface area contributed by atoms with Gasteiger partial charge < -0.3 is 5.32 Å². The number of halogens is 2. The molecular formula is C17H25F2N. The van der Waals surface area contributed by atoms with Crippen LogP contribution in [0.15, 0.2) is 18.2 Å². The van der Waals surface area contributed by atoms with E-state index in [4.69, 9.17) is 0 Å². The maximum atomic E-state index is 14.1. The van der Waals surface area contributed by atoms with Crippen molar-refractivity contribution in [2.45, 2.75) is 51.5 Å². The van der Waals surface area contributed by atoms with Gasteiger partial charge in [0.2, 0.25) is 0 Å². The molecule has 0 aliphatic heterocycles. The van der Waals surface area contributed by atoms with E-state index in [-0.39, 0.29) is 17.0 Å². The van der Waals surface area contributed by atoms with Crippen molar-refractivity contribution in [3.05, 3.63) is 35.4 Å². The van der Waals surface area contributed by atoms with Crippen LogP contribution < -0.4 is 5.32 Å². The van der Waals surface area contributed by atoms with Gasteiger partial charge in [0, 0.05) is 6.04 Å². The Morgan fingerprint density at radius 2 is 1.90 bits per heavy atom. The molecule has 20 heavy (non-hydrogen) atoms. The molecule has 3 heteroatoms. The first-order valence-electron chi connectivity index (χ1n) is 7.49. The maximum Gasteiger partial charge on any atom is 0.127 e. The first-order chi connectivity index (χ1) is 9.36. The SMILES string of the molecule is CNC1CC(C)CCC1C(C)(C)c1cc(F)ccc1F. The van der Waals surface area contributed by atoms with Crippen LogP contribution in [0.5, 0.6) is 0 Å². The van der Waals surface area contributed by atoms with Crippen molar-refractivity contribution < 1.29 is 8.78 Å². The summed E-state index contributed by atoms with van der Waals surface area (Å²) in [5.41, 5.74) is 0.123. The smallest absolute Gasteiger partial charge is 0.127 e. The predicted molar refractivity (Wildman–Crippen MR) is 78.7 cm³/mol. The third-order valence-corrected chi connectivity index (χ3v) is 5.03. The molecule has 0 heterocycles. The van der Waals surface area contributed by atoms with E-state index in [9.17, 15) is 8.78 Å². The molecule has 1 aliphatic carbocycles. The fraction of sp³-hybridized carbons (Fsp3) is 0.647. The van der Waals surface area contributed by atoms with E-state index in [1.165, 1.54) is 18.2 Å². The molecule has 3 unspecified atom stereocenters. The molecule has 1 saturated carbocycles. The van der Waals surface area contributed by atoms with Gasteiger partial charge in [-0.2, -0.15) is 0 Å². The standard InChI is InChI=1S/C17H25F2N/c1-11-5-7-13(16(9-11)20-4)17(2,3)14-10-12(18)6-8-15(14)19/h6,8,10-11,13,16,20H,5,7,9H2,1-4H3. The topological polar surface area (TPSA) is 12.0 Å². The van der Waals surface area contributed by atoms with Crippen molar-refractivity contribution in [2.24, 2.45) is 11.8 Å². The van der Waals surface area contributed by atoms with Crippen LogP contribution in [0.3, 0.4) is 0 Å². The minimum atomic E-state index is -0.375. The molecule has 1 aromatic carbocycles. The third kappa shape index (κ3) is 2.88. The van der Waals surface area contributed by atoms with Crippen LogP contribution in [0.25, 0.3) is 0 Å². The van der Waals surface area contributed by atoms with E-state index in [2.05, 4.69) is 12.2 Å². The molecule has 1 fully saturated rings. The zero-order valence-electron chi connectivity index (χ0n) is 12.8. The quantitative estimate of drug-likeness (QED) is 0.872. The summed E-state index contributed by atoms with van der Waals surface area (Å²) in [7, 11) is 1.97. The first kappa shape index (κ1) is 15.4. The van der Waals surface area contributed by atoms with Crippen LogP contribution in [0.2, 0.25) is 0 Å². The van der Waals surface area contributed by atoms with Gasteiger partial charge in [-0.3, -0.25) is 0 Å². The van der Waals surface area contributed by atoms with Crippen molar-refractivity contribution in [1.82, 2.24) is 5.32 Å². The average molecular weight is 281 g/mol. The van der Waals surface area contributed by atoms with Gasteiger partial charge in [0.15, 0.2) is 0 Å². The molecule has 1 aliphatic rings. The molecule has 0 bridgehead atoms. The Morgan fingerprint density at radius 1 is 1.20 bits per heavy atom. The summed E-state index contributed by atoms with van der Waals surface area (Å²) in [4.78, 5) is 0. The van der Waals surface area contributed by atoms with Gasteiger partial charge in [-0.1, -0.05) is 27.2 Å². The monoisotopic (exact) mass is 281 g/mol. The van der Waals surface area contributed by atoms with Crippen molar-refractivity contribution in [3.8, 4) is 0 Å². The van der Waals surface area contributed by atoms with Crippen LogP contribution >= 0.6 is 0 Å². The van der Waals surface area contributed by atoms with Gasteiger partial charge in [-0.15, -0.1) is 0 Å². The highest BCUT2D eigenvalue weighted by Gasteiger charge is 2.40. The number of hydrogen-bond acceptors (Lipinski definition) is 1. The molecular weight excluding hydrogens is 256 g/mol. The fourth-order valence-corrected chi connectivity index (χ4v) is 3.75.